The van der Waals surface area contributed by atoms with Gasteiger partial charge in [0, 0.05) is 0 Å². The Kier molecular flexibility index (Phi) is 1.91. The first-order valence-electron chi connectivity index (χ1n) is 3.64. The lowest BCUT2D eigenvalue weighted by Crippen LogP contribution is -2.02. The van der Waals surface area contributed by atoms with Crippen molar-refractivity contribution < 1.29 is 5.11 Å². The molecule has 0 atom stereocenters. The molecule has 0 aromatic heterocycles. The van der Waals surface area contributed by atoms with Gasteiger partial charge in [0.2, 0.25) is 0 Å². The number of allylic oxidation sites excluding steroid dienone is 1. The van der Waals surface area contributed by atoms with Gasteiger partial charge in [0.05, 0.1) is 5.60 Å². The smallest absolute Gasteiger partial charge is 0.0684 e. The molecule has 0 amide bonds. The van der Waals surface area contributed by atoms with E-state index in [1.54, 1.807) is 0 Å². The van der Waals surface area contributed by atoms with Gasteiger partial charge in [-0.05, 0) is 25.7 Å². The second-order valence-corrected chi connectivity index (χ2v) is 2.81. The Balaban J connectivity index is 2.11. The predicted molar refractivity (Wildman–Crippen MR) is 38.2 cm³/mol. The van der Waals surface area contributed by atoms with Crippen LogP contribution in [0.1, 0.15) is 32.6 Å². The van der Waals surface area contributed by atoms with E-state index in [1.165, 1.54) is 0 Å². The molecule has 0 spiro atoms. The van der Waals surface area contributed by atoms with Crippen LogP contribution in [-0.4, -0.2) is 10.7 Å². The molecule has 0 unspecified atom stereocenters. The van der Waals surface area contributed by atoms with E-state index >= 15 is 0 Å². The summed E-state index contributed by atoms with van der Waals surface area (Å²) in [6.45, 7) is 2.10. The minimum Gasteiger partial charge on any atom is -0.390 e. The van der Waals surface area contributed by atoms with Crippen molar-refractivity contribution in [2.24, 2.45) is 0 Å². The van der Waals surface area contributed by atoms with Crippen molar-refractivity contribution >= 4 is 0 Å². The Morgan fingerprint density at radius 3 is 2.56 bits per heavy atom. The van der Waals surface area contributed by atoms with Gasteiger partial charge in [-0.25, -0.2) is 0 Å². The molecule has 1 fully saturated rings. The molecule has 0 saturated heterocycles. The highest BCUT2D eigenvalue weighted by molar-refractivity contribution is 5.00. The Morgan fingerprint density at radius 2 is 2.11 bits per heavy atom. The third-order valence-corrected chi connectivity index (χ3v) is 1.73. The lowest BCUT2D eigenvalue weighted by atomic mass is 10.2. The number of rotatable bonds is 3. The van der Waals surface area contributed by atoms with Crippen LogP contribution in [0.25, 0.3) is 0 Å². The van der Waals surface area contributed by atoms with Crippen LogP contribution in [-0.2, 0) is 0 Å². The van der Waals surface area contributed by atoms with Crippen LogP contribution < -0.4 is 0 Å². The molecule has 0 aromatic carbocycles. The highest BCUT2D eigenvalue weighted by Crippen LogP contribution is 2.38. The maximum Gasteiger partial charge on any atom is 0.0684 e. The van der Waals surface area contributed by atoms with E-state index in [2.05, 4.69) is 19.1 Å². The second-order valence-electron chi connectivity index (χ2n) is 2.81. The Bertz CT molecular complexity index is 112. The van der Waals surface area contributed by atoms with E-state index < -0.39 is 0 Å². The average Bonchev–Trinajstić information content (AvgIpc) is 2.50. The van der Waals surface area contributed by atoms with E-state index in [0.29, 0.717) is 0 Å². The van der Waals surface area contributed by atoms with Crippen LogP contribution >= 0.6 is 0 Å². The van der Waals surface area contributed by atoms with Crippen molar-refractivity contribution in [1.82, 2.24) is 0 Å². The lowest BCUT2D eigenvalue weighted by molar-refractivity contribution is 0.154. The third kappa shape index (κ3) is 2.19. The molecule has 1 rings (SSSR count). The molecular formula is C8H14O. The van der Waals surface area contributed by atoms with Gasteiger partial charge in [0.1, 0.15) is 0 Å². The molecule has 1 aliphatic rings. The minimum atomic E-state index is -0.286. The maximum absolute atomic E-state index is 9.30. The predicted octanol–water partition coefficient (Wildman–Crippen LogP) is 1.87. The Hall–Kier alpha value is -0.300. The van der Waals surface area contributed by atoms with Crippen LogP contribution in [0, 0.1) is 0 Å². The van der Waals surface area contributed by atoms with Gasteiger partial charge in [0.15, 0.2) is 0 Å². The van der Waals surface area contributed by atoms with Gasteiger partial charge in [0.25, 0.3) is 0 Å². The van der Waals surface area contributed by atoms with Crippen LogP contribution in [0.4, 0.5) is 0 Å². The molecule has 1 saturated carbocycles. The fraction of sp³-hybridized carbons (Fsp3) is 0.750. The fourth-order valence-corrected chi connectivity index (χ4v) is 0.818. The highest BCUT2D eigenvalue weighted by atomic mass is 16.3. The van der Waals surface area contributed by atoms with Gasteiger partial charge in [-0.2, -0.15) is 0 Å². The van der Waals surface area contributed by atoms with Gasteiger partial charge in [-0.3, -0.25) is 0 Å². The molecule has 0 aromatic rings. The first-order chi connectivity index (χ1) is 4.27. The topological polar surface area (TPSA) is 20.2 Å². The molecule has 1 aliphatic carbocycles. The highest BCUT2D eigenvalue weighted by Gasteiger charge is 2.38. The van der Waals surface area contributed by atoms with Crippen LogP contribution in [0.5, 0.6) is 0 Å². The van der Waals surface area contributed by atoms with Crippen LogP contribution in [0.2, 0.25) is 0 Å². The molecule has 0 bridgehead atoms. The summed E-state index contributed by atoms with van der Waals surface area (Å²) in [5.41, 5.74) is -0.286. The standard InChI is InChI=1S/C8H14O/c1-2-3-4-5-8(9)6-7-8/h3-4,9H,2,5-7H2,1H3. The summed E-state index contributed by atoms with van der Waals surface area (Å²) in [6, 6.07) is 0. The monoisotopic (exact) mass is 126 g/mol. The molecular weight excluding hydrogens is 112 g/mol. The quantitative estimate of drug-likeness (QED) is 0.572. The van der Waals surface area contributed by atoms with E-state index in [-0.39, 0.29) is 5.60 Å². The summed E-state index contributed by atoms with van der Waals surface area (Å²) in [7, 11) is 0. The van der Waals surface area contributed by atoms with Gasteiger partial charge < -0.3 is 5.11 Å². The lowest BCUT2D eigenvalue weighted by Gasteiger charge is -1.99. The van der Waals surface area contributed by atoms with Gasteiger partial charge in [-0.15, -0.1) is 0 Å². The molecule has 9 heavy (non-hydrogen) atoms. The van der Waals surface area contributed by atoms with Crippen molar-refractivity contribution in [3.8, 4) is 0 Å². The van der Waals surface area contributed by atoms with Gasteiger partial charge in [-0.1, -0.05) is 19.1 Å². The molecule has 1 N–H and O–H groups in total. The minimum absolute atomic E-state index is 0.286. The molecule has 0 heterocycles. The molecule has 0 radical (unpaired) electrons. The zero-order valence-electron chi connectivity index (χ0n) is 5.93. The first-order valence-corrected chi connectivity index (χ1v) is 3.64. The van der Waals surface area contributed by atoms with Crippen molar-refractivity contribution in [2.45, 2.75) is 38.2 Å². The van der Waals surface area contributed by atoms with Crippen LogP contribution in [0.3, 0.4) is 0 Å². The Morgan fingerprint density at radius 1 is 1.44 bits per heavy atom. The first kappa shape index (κ1) is 6.81. The summed E-state index contributed by atoms with van der Waals surface area (Å²) in [5, 5.41) is 9.30. The van der Waals surface area contributed by atoms with Gasteiger partial charge >= 0.3 is 0 Å². The number of aliphatic hydroxyl groups is 1. The van der Waals surface area contributed by atoms with E-state index in [4.69, 9.17) is 0 Å². The van der Waals surface area contributed by atoms with Crippen molar-refractivity contribution in [2.75, 3.05) is 0 Å². The number of hydrogen-bond donors (Lipinski definition) is 1. The zero-order chi connectivity index (χ0) is 6.74. The van der Waals surface area contributed by atoms with Crippen molar-refractivity contribution in [3.63, 3.8) is 0 Å². The van der Waals surface area contributed by atoms with Crippen molar-refractivity contribution in [1.29, 1.82) is 0 Å². The summed E-state index contributed by atoms with van der Waals surface area (Å²) in [6.07, 6.45) is 8.13. The fourth-order valence-electron chi connectivity index (χ4n) is 0.818. The summed E-state index contributed by atoms with van der Waals surface area (Å²) < 4.78 is 0. The molecule has 0 aliphatic heterocycles. The van der Waals surface area contributed by atoms with Crippen molar-refractivity contribution in [3.05, 3.63) is 12.2 Å². The number of hydrogen-bond acceptors (Lipinski definition) is 1. The van der Waals surface area contributed by atoms with E-state index in [9.17, 15) is 5.11 Å². The largest absolute Gasteiger partial charge is 0.390 e. The Labute approximate surface area is 56.4 Å². The molecule has 1 heteroatoms. The second kappa shape index (κ2) is 2.53. The maximum atomic E-state index is 9.30. The van der Waals surface area contributed by atoms with E-state index in [1.807, 2.05) is 0 Å². The third-order valence-electron chi connectivity index (χ3n) is 1.73. The summed E-state index contributed by atoms with van der Waals surface area (Å²) >= 11 is 0. The summed E-state index contributed by atoms with van der Waals surface area (Å²) in [4.78, 5) is 0. The zero-order valence-corrected chi connectivity index (χ0v) is 5.93. The summed E-state index contributed by atoms with van der Waals surface area (Å²) in [5.74, 6) is 0. The van der Waals surface area contributed by atoms with Crippen LogP contribution in [0.15, 0.2) is 12.2 Å². The normalized spacial score (nSPS) is 22.9. The molecule has 1 nitrogen and oxygen atoms in total. The van der Waals surface area contributed by atoms with E-state index in [0.717, 1.165) is 25.7 Å². The average molecular weight is 126 g/mol. The SMILES string of the molecule is CCC=CCC1(O)CC1. The molecule has 52 valence electrons.